The number of hydrogen-bond donors (Lipinski definition) is 3. The first-order valence-electron chi connectivity index (χ1n) is 6.28. The van der Waals surface area contributed by atoms with Crippen molar-refractivity contribution in [3.05, 3.63) is 11.8 Å². The number of hydrogen-bond acceptors (Lipinski definition) is 6. The van der Waals surface area contributed by atoms with E-state index in [0.29, 0.717) is 6.54 Å². The molecular formula is C12H20F3N5O. The highest BCUT2D eigenvalue weighted by atomic mass is 19.4. The van der Waals surface area contributed by atoms with Crippen molar-refractivity contribution in [2.45, 2.75) is 18.7 Å². The summed E-state index contributed by atoms with van der Waals surface area (Å²) in [7, 11) is 5.02. The molecule has 0 radical (unpaired) electrons. The molecule has 120 valence electrons. The number of alkyl halides is 3. The minimum atomic E-state index is -4.56. The van der Waals surface area contributed by atoms with Gasteiger partial charge >= 0.3 is 6.18 Å². The van der Waals surface area contributed by atoms with Crippen molar-refractivity contribution in [3.63, 3.8) is 0 Å². The largest absolute Gasteiger partial charge is 0.433 e. The Bertz CT molecular complexity index is 476. The van der Waals surface area contributed by atoms with E-state index in [2.05, 4.69) is 20.6 Å². The van der Waals surface area contributed by atoms with Gasteiger partial charge in [0, 0.05) is 26.2 Å². The van der Waals surface area contributed by atoms with E-state index in [4.69, 9.17) is 0 Å². The molecule has 1 aromatic heterocycles. The molecule has 6 nitrogen and oxygen atoms in total. The molecule has 0 aliphatic heterocycles. The molecular weight excluding hydrogens is 287 g/mol. The summed E-state index contributed by atoms with van der Waals surface area (Å²) in [4.78, 5) is 9.03. The molecule has 0 saturated carbocycles. The Morgan fingerprint density at radius 2 is 1.90 bits per heavy atom. The third kappa shape index (κ3) is 5.72. The van der Waals surface area contributed by atoms with Crippen LogP contribution in [-0.2, 0) is 6.18 Å². The maximum atomic E-state index is 12.7. The molecule has 1 atom stereocenters. The van der Waals surface area contributed by atoms with Crippen LogP contribution in [0.25, 0.3) is 0 Å². The standard InChI is InChI=1S/C12H20F3N5O/c1-11(21,7-20(3)4)6-17-9-5-8(12(13,14)15)18-10(16-2)19-9/h5,21H,6-7H2,1-4H3,(H2,16,17,18,19). The van der Waals surface area contributed by atoms with Gasteiger partial charge in [0.15, 0.2) is 5.69 Å². The van der Waals surface area contributed by atoms with Gasteiger partial charge in [0.05, 0.1) is 5.60 Å². The molecule has 0 saturated heterocycles. The highest BCUT2D eigenvalue weighted by molar-refractivity contribution is 5.43. The van der Waals surface area contributed by atoms with Gasteiger partial charge in [-0.05, 0) is 21.0 Å². The maximum absolute atomic E-state index is 12.7. The van der Waals surface area contributed by atoms with Crippen molar-refractivity contribution >= 4 is 11.8 Å². The molecule has 0 aliphatic rings. The smallest absolute Gasteiger partial charge is 0.387 e. The number of aromatic nitrogens is 2. The second kappa shape index (κ2) is 6.44. The van der Waals surface area contributed by atoms with Gasteiger partial charge in [-0.15, -0.1) is 0 Å². The summed E-state index contributed by atoms with van der Waals surface area (Å²) in [5.74, 6) is -0.139. The highest BCUT2D eigenvalue weighted by Gasteiger charge is 2.34. The van der Waals surface area contributed by atoms with Crippen LogP contribution in [0.1, 0.15) is 12.6 Å². The molecule has 0 bridgehead atoms. The van der Waals surface area contributed by atoms with Crippen molar-refractivity contribution in [3.8, 4) is 0 Å². The van der Waals surface area contributed by atoms with Crippen LogP contribution in [0.15, 0.2) is 6.07 Å². The van der Waals surface area contributed by atoms with Crippen LogP contribution in [0.4, 0.5) is 24.9 Å². The van der Waals surface area contributed by atoms with Crippen LogP contribution >= 0.6 is 0 Å². The second-order valence-corrected chi connectivity index (χ2v) is 5.30. The zero-order valence-corrected chi connectivity index (χ0v) is 12.4. The van der Waals surface area contributed by atoms with Crippen LogP contribution in [0.2, 0.25) is 0 Å². The molecule has 1 rings (SSSR count). The van der Waals surface area contributed by atoms with E-state index in [0.717, 1.165) is 6.07 Å². The van der Waals surface area contributed by atoms with E-state index >= 15 is 0 Å². The van der Waals surface area contributed by atoms with Gasteiger partial charge in [-0.2, -0.15) is 18.2 Å². The first-order chi connectivity index (χ1) is 9.53. The zero-order valence-electron chi connectivity index (χ0n) is 12.4. The SMILES string of the molecule is CNc1nc(NCC(C)(O)CN(C)C)cc(C(F)(F)F)n1. The number of nitrogens with zero attached hydrogens (tertiary/aromatic N) is 3. The summed E-state index contributed by atoms with van der Waals surface area (Å²) in [6.45, 7) is 2.00. The number of rotatable bonds is 6. The second-order valence-electron chi connectivity index (χ2n) is 5.30. The van der Waals surface area contributed by atoms with E-state index in [1.807, 2.05) is 0 Å². The summed E-state index contributed by atoms with van der Waals surface area (Å²) in [5, 5.41) is 15.3. The van der Waals surface area contributed by atoms with Crippen LogP contribution in [0, 0.1) is 0 Å². The van der Waals surface area contributed by atoms with E-state index in [9.17, 15) is 18.3 Å². The van der Waals surface area contributed by atoms with Gasteiger partial charge in [0.2, 0.25) is 5.95 Å². The van der Waals surface area contributed by atoms with Crippen molar-refractivity contribution in [1.29, 1.82) is 0 Å². The topological polar surface area (TPSA) is 73.3 Å². The average Bonchev–Trinajstić information content (AvgIpc) is 2.33. The number of anilines is 2. The van der Waals surface area contributed by atoms with E-state index in [1.54, 1.807) is 25.9 Å². The molecule has 0 spiro atoms. The summed E-state index contributed by atoms with van der Waals surface area (Å²) in [6.07, 6.45) is -4.56. The Morgan fingerprint density at radius 1 is 1.29 bits per heavy atom. The molecule has 9 heteroatoms. The van der Waals surface area contributed by atoms with Crippen molar-refractivity contribution < 1.29 is 18.3 Å². The van der Waals surface area contributed by atoms with E-state index in [1.165, 1.54) is 7.05 Å². The summed E-state index contributed by atoms with van der Waals surface area (Å²) < 4.78 is 38.2. The molecule has 1 aromatic rings. The third-order valence-corrected chi connectivity index (χ3v) is 2.55. The Balaban J connectivity index is 2.88. The van der Waals surface area contributed by atoms with Gasteiger partial charge in [-0.1, -0.05) is 0 Å². The lowest BCUT2D eigenvalue weighted by atomic mass is 10.1. The Kier molecular flexibility index (Phi) is 5.35. The van der Waals surface area contributed by atoms with Gasteiger partial charge in [-0.25, -0.2) is 4.98 Å². The fourth-order valence-electron chi connectivity index (χ4n) is 1.81. The summed E-state index contributed by atoms with van der Waals surface area (Å²) in [5.41, 5.74) is -2.15. The Hall–Kier alpha value is -1.61. The minimum Gasteiger partial charge on any atom is -0.387 e. The number of aliphatic hydroxyl groups is 1. The number of likely N-dealkylation sites (N-methyl/N-ethyl adjacent to an activating group) is 1. The molecule has 0 aromatic carbocycles. The molecule has 0 aliphatic carbocycles. The van der Waals surface area contributed by atoms with Crippen molar-refractivity contribution in [1.82, 2.24) is 14.9 Å². The number of halogens is 3. The first-order valence-corrected chi connectivity index (χ1v) is 6.28. The van der Waals surface area contributed by atoms with Crippen molar-refractivity contribution in [2.75, 3.05) is 44.9 Å². The van der Waals surface area contributed by atoms with E-state index < -0.39 is 17.5 Å². The molecule has 1 heterocycles. The van der Waals surface area contributed by atoms with Crippen LogP contribution in [0.5, 0.6) is 0 Å². The lowest BCUT2D eigenvalue weighted by molar-refractivity contribution is -0.141. The molecule has 0 fully saturated rings. The first kappa shape index (κ1) is 17.4. The third-order valence-electron chi connectivity index (χ3n) is 2.55. The summed E-state index contributed by atoms with van der Waals surface area (Å²) >= 11 is 0. The van der Waals surface area contributed by atoms with E-state index in [-0.39, 0.29) is 18.3 Å². The number of nitrogens with one attached hydrogen (secondary N) is 2. The quantitative estimate of drug-likeness (QED) is 0.735. The predicted molar refractivity (Wildman–Crippen MR) is 74.2 cm³/mol. The van der Waals surface area contributed by atoms with Gasteiger partial charge < -0.3 is 20.6 Å². The molecule has 21 heavy (non-hydrogen) atoms. The zero-order chi connectivity index (χ0) is 16.3. The normalized spacial score (nSPS) is 14.9. The summed E-state index contributed by atoms with van der Waals surface area (Å²) in [6, 6.07) is 0.812. The van der Waals surface area contributed by atoms with Crippen molar-refractivity contribution in [2.24, 2.45) is 0 Å². The van der Waals surface area contributed by atoms with Gasteiger partial charge in [0.1, 0.15) is 5.82 Å². The lowest BCUT2D eigenvalue weighted by Crippen LogP contribution is -2.43. The van der Waals surface area contributed by atoms with Crippen LogP contribution < -0.4 is 10.6 Å². The van der Waals surface area contributed by atoms with Crippen LogP contribution in [0.3, 0.4) is 0 Å². The predicted octanol–water partition coefficient (Wildman–Crippen LogP) is 1.26. The highest BCUT2D eigenvalue weighted by Crippen LogP contribution is 2.29. The van der Waals surface area contributed by atoms with Gasteiger partial charge in [-0.3, -0.25) is 0 Å². The van der Waals surface area contributed by atoms with Crippen LogP contribution in [-0.4, -0.2) is 59.8 Å². The monoisotopic (exact) mass is 307 g/mol. The Morgan fingerprint density at radius 3 is 2.38 bits per heavy atom. The molecule has 0 amide bonds. The fourth-order valence-corrected chi connectivity index (χ4v) is 1.81. The molecule has 3 N–H and O–H groups in total. The molecule has 1 unspecified atom stereocenters. The van der Waals surface area contributed by atoms with Gasteiger partial charge in [0.25, 0.3) is 0 Å². The maximum Gasteiger partial charge on any atom is 0.433 e. The lowest BCUT2D eigenvalue weighted by Gasteiger charge is -2.27. The average molecular weight is 307 g/mol. The minimum absolute atomic E-state index is 0.000654. The fraction of sp³-hybridized carbons (Fsp3) is 0.667. The Labute approximate surface area is 121 Å².